The van der Waals surface area contributed by atoms with Crippen molar-refractivity contribution in [3.8, 4) is 0 Å². The summed E-state index contributed by atoms with van der Waals surface area (Å²) in [5.74, 6) is 1.80. The van der Waals surface area contributed by atoms with Crippen LogP contribution in [0.4, 0.5) is 0 Å². The number of hydrogen-bond acceptors (Lipinski definition) is 2. The highest BCUT2D eigenvalue weighted by Crippen LogP contribution is 2.28. The molecule has 2 aliphatic carbocycles. The Morgan fingerprint density at radius 2 is 1.75 bits per heavy atom. The molecule has 0 heterocycles. The summed E-state index contributed by atoms with van der Waals surface area (Å²) < 4.78 is 0. The van der Waals surface area contributed by atoms with E-state index >= 15 is 0 Å². The van der Waals surface area contributed by atoms with E-state index in [2.05, 4.69) is 31.1 Å². The summed E-state index contributed by atoms with van der Waals surface area (Å²) in [7, 11) is 2.33. The minimum Gasteiger partial charge on any atom is -0.314 e. The molecule has 20 heavy (non-hydrogen) atoms. The Balaban J connectivity index is 1.58. The van der Waals surface area contributed by atoms with E-state index in [-0.39, 0.29) is 0 Å². The topological polar surface area (TPSA) is 15.3 Å². The lowest BCUT2D eigenvalue weighted by molar-refractivity contribution is 0.184. The smallest absolute Gasteiger partial charge is 0.00952 e. The Hall–Kier alpha value is -0.0800. The fraction of sp³-hybridized carbons (Fsp3) is 1.00. The van der Waals surface area contributed by atoms with Crippen molar-refractivity contribution < 1.29 is 0 Å². The highest BCUT2D eigenvalue weighted by molar-refractivity contribution is 4.81. The minimum absolute atomic E-state index is 0.777. The molecule has 0 radical (unpaired) electrons. The monoisotopic (exact) mass is 280 g/mol. The van der Waals surface area contributed by atoms with Crippen LogP contribution in [0, 0.1) is 11.8 Å². The first-order valence-electron chi connectivity index (χ1n) is 9.10. The third kappa shape index (κ3) is 5.04. The Bertz CT molecular complexity index is 260. The van der Waals surface area contributed by atoms with Crippen molar-refractivity contribution in [2.24, 2.45) is 11.8 Å². The average molecular weight is 280 g/mol. The molecule has 0 spiro atoms. The van der Waals surface area contributed by atoms with Gasteiger partial charge >= 0.3 is 0 Å². The fourth-order valence-corrected chi connectivity index (χ4v) is 4.14. The van der Waals surface area contributed by atoms with Gasteiger partial charge in [-0.25, -0.2) is 0 Å². The van der Waals surface area contributed by atoms with E-state index in [1.165, 1.54) is 70.9 Å². The first-order chi connectivity index (χ1) is 9.66. The van der Waals surface area contributed by atoms with E-state index in [4.69, 9.17) is 0 Å². The molecule has 0 bridgehead atoms. The predicted octanol–water partition coefficient (Wildman–Crippen LogP) is 4.06. The second-order valence-electron chi connectivity index (χ2n) is 7.58. The highest BCUT2D eigenvalue weighted by atomic mass is 15.1. The van der Waals surface area contributed by atoms with Gasteiger partial charge in [-0.15, -0.1) is 0 Å². The van der Waals surface area contributed by atoms with Gasteiger partial charge in [0.15, 0.2) is 0 Å². The van der Waals surface area contributed by atoms with Crippen molar-refractivity contribution in [2.45, 2.75) is 83.7 Å². The van der Waals surface area contributed by atoms with Crippen LogP contribution < -0.4 is 5.32 Å². The van der Waals surface area contributed by atoms with Crippen molar-refractivity contribution in [1.82, 2.24) is 10.2 Å². The van der Waals surface area contributed by atoms with Gasteiger partial charge in [-0.3, -0.25) is 0 Å². The molecule has 2 heteroatoms. The van der Waals surface area contributed by atoms with E-state index in [1.54, 1.807) is 0 Å². The van der Waals surface area contributed by atoms with Crippen LogP contribution in [0.15, 0.2) is 0 Å². The zero-order valence-electron chi connectivity index (χ0n) is 14.0. The molecule has 0 aromatic carbocycles. The Morgan fingerprint density at radius 1 is 1.00 bits per heavy atom. The first kappa shape index (κ1) is 16.3. The normalized spacial score (nSPS) is 32.7. The summed E-state index contributed by atoms with van der Waals surface area (Å²) in [6.45, 7) is 7.32. The molecule has 0 amide bonds. The molecule has 2 fully saturated rings. The summed E-state index contributed by atoms with van der Waals surface area (Å²) in [5, 5.41) is 3.83. The summed E-state index contributed by atoms with van der Waals surface area (Å²) in [5.41, 5.74) is 0. The molecule has 0 aliphatic heterocycles. The van der Waals surface area contributed by atoms with Crippen LogP contribution >= 0.6 is 0 Å². The van der Waals surface area contributed by atoms with Gasteiger partial charge in [0.2, 0.25) is 0 Å². The van der Waals surface area contributed by atoms with E-state index in [1.807, 2.05) is 0 Å². The number of hydrogen-bond donors (Lipinski definition) is 1. The van der Waals surface area contributed by atoms with E-state index in [9.17, 15) is 0 Å². The van der Waals surface area contributed by atoms with Crippen LogP contribution in [0.5, 0.6) is 0 Å². The minimum atomic E-state index is 0.777. The fourth-order valence-electron chi connectivity index (χ4n) is 4.14. The van der Waals surface area contributed by atoms with Crippen LogP contribution in [-0.2, 0) is 0 Å². The van der Waals surface area contributed by atoms with Gasteiger partial charge in [-0.05, 0) is 64.1 Å². The van der Waals surface area contributed by atoms with Crippen molar-refractivity contribution in [2.75, 3.05) is 20.1 Å². The van der Waals surface area contributed by atoms with Crippen LogP contribution in [0.25, 0.3) is 0 Å². The average Bonchev–Trinajstić information content (AvgIpc) is 2.47. The van der Waals surface area contributed by atoms with Crippen molar-refractivity contribution in [3.63, 3.8) is 0 Å². The summed E-state index contributed by atoms with van der Waals surface area (Å²) >= 11 is 0. The van der Waals surface area contributed by atoms with Crippen LogP contribution in [0.3, 0.4) is 0 Å². The Morgan fingerprint density at radius 3 is 2.50 bits per heavy atom. The zero-order valence-corrected chi connectivity index (χ0v) is 14.0. The van der Waals surface area contributed by atoms with Gasteiger partial charge in [0, 0.05) is 12.1 Å². The molecule has 2 rings (SSSR count). The standard InChI is InChI=1S/C18H36N2/c1-15-10-11-16(2)18(14-15)19-12-7-13-20(3)17-8-5-4-6-9-17/h15-19H,4-14H2,1-3H3. The van der Waals surface area contributed by atoms with Gasteiger partial charge in [-0.1, -0.05) is 39.5 Å². The molecule has 0 saturated heterocycles. The maximum Gasteiger partial charge on any atom is 0.00952 e. The Kier molecular flexibility index (Phi) is 6.83. The number of rotatable bonds is 6. The maximum absolute atomic E-state index is 3.83. The lowest BCUT2D eigenvalue weighted by atomic mass is 9.80. The predicted molar refractivity (Wildman–Crippen MR) is 88.1 cm³/mol. The second kappa shape index (κ2) is 8.38. The molecule has 0 aromatic rings. The summed E-state index contributed by atoms with van der Waals surface area (Å²) in [6.07, 6.45) is 12.8. The lowest BCUT2D eigenvalue weighted by Crippen LogP contribution is -2.41. The van der Waals surface area contributed by atoms with Gasteiger partial charge in [0.1, 0.15) is 0 Å². The lowest BCUT2D eigenvalue weighted by Gasteiger charge is -2.34. The second-order valence-corrected chi connectivity index (χ2v) is 7.58. The third-order valence-electron chi connectivity index (χ3n) is 5.75. The van der Waals surface area contributed by atoms with E-state index < -0.39 is 0 Å². The zero-order chi connectivity index (χ0) is 14.4. The SMILES string of the molecule is CC1CCC(C)C(NCCCN(C)C2CCCCC2)C1. The molecule has 2 saturated carbocycles. The summed E-state index contributed by atoms with van der Waals surface area (Å²) in [6, 6.07) is 1.65. The number of nitrogens with one attached hydrogen (secondary N) is 1. The van der Waals surface area contributed by atoms with Crippen LogP contribution in [0.2, 0.25) is 0 Å². The summed E-state index contributed by atoms with van der Waals surface area (Å²) in [4.78, 5) is 2.62. The quantitative estimate of drug-likeness (QED) is 0.738. The van der Waals surface area contributed by atoms with Gasteiger partial charge in [0.05, 0.1) is 0 Å². The molecule has 2 aliphatic rings. The molecule has 3 atom stereocenters. The van der Waals surface area contributed by atoms with Crippen molar-refractivity contribution in [1.29, 1.82) is 0 Å². The largest absolute Gasteiger partial charge is 0.314 e. The molecule has 0 aromatic heterocycles. The first-order valence-corrected chi connectivity index (χ1v) is 9.10. The van der Waals surface area contributed by atoms with Gasteiger partial charge in [-0.2, -0.15) is 0 Å². The van der Waals surface area contributed by atoms with Crippen LogP contribution in [-0.4, -0.2) is 37.1 Å². The third-order valence-corrected chi connectivity index (χ3v) is 5.75. The highest BCUT2D eigenvalue weighted by Gasteiger charge is 2.24. The van der Waals surface area contributed by atoms with E-state index in [0.717, 1.165) is 23.9 Å². The number of nitrogens with zero attached hydrogens (tertiary/aromatic N) is 1. The molecule has 118 valence electrons. The Labute approximate surface area is 126 Å². The van der Waals surface area contributed by atoms with Gasteiger partial charge < -0.3 is 10.2 Å². The molecule has 2 nitrogen and oxygen atoms in total. The molecule has 3 unspecified atom stereocenters. The van der Waals surface area contributed by atoms with Crippen LogP contribution in [0.1, 0.15) is 71.6 Å². The van der Waals surface area contributed by atoms with E-state index in [0.29, 0.717) is 0 Å². The van der Waals surface area contributed by atoms with Crippen molar-refractivity contribution in [3.05, 3.63) is 0 Å². The maximum atomic E-state index is 3.83. The molecule has 1 N–H and O–H groups in total. The van der Waals surface area contributed by atoms with Gasteiger partial charge in [0.25, 0.3) is 0 Å². The molecular weight excluding hydrogens is 244 g/mol. The molecular formula is C18H36N2. The van der Waals surface area contributed by atoms with Crippen molar-refractivity contribution >= 4 is 0 Å².